The lowest BCUT2D eigenvalue weighted by molar-refractivity contribution is 0.594. The van der Waals surface area contributed by atoms with Crippen LogP contribution in [0.15, 0.2) is 47.5 Å². The molecule has 18 heavy (non-hydrogen) atoms. The van der Waals surface area contributed by atoms with E-state index in [1.165, 1.54) is 18.2 Å². The van der Waals surface area contributed by atoms with E-state index in [0.717, 1.165) is 24.4 Å². The monoisotopic (exact) mass is 270 g/mol. The number of sulfonamides is 1. The van der Waals surface area contributed by atoms with Crippen LogP contribution in [0.5, 0.6) is 0 Å². The van der Waals surface area contributed by atoms with Crippen LogP contribution in [0.1, 0.15) is 0 Å². The molecule has 94 valence electrons. The average Bonchev–Trinajstić information content (AvgIpc) is 2.32. The van der Waals surface area contributed by atoms with Crippen LogP contribution in [0.25, 0.3) is 0 Å². The van der Waals surface area contributed by atoms with Crippen molar-refractivity contribution in [3.63, 3.8) is 0 Å². The van der Waals surface area contributed by atoms with Gasteiger partial charge in [-0.1, -0.05) is 6.07 Å². The molecule has 1 aromatic heterocycles. The number of aromatic nitrogens is 1. The van der Waals surface area contributed by atoms with Gasteiger partial charge in [0.1, 0.15) is 17.5 Å². The molecule has 7 heteroatoms. The standard InChI is InChI=1S/C11H8F2N2O2S/c12-8-2-1-3-10(6-8)18(16,17)15-11-5-4-9(13)7-14-11/h1-7H,(H,14,15). The summed E-state index contributed by atoms with van der Waals surface area (Å²) in [5.41, 5.74) is 0. The highest BCUT2D eigenvalue weighted by molar-refractivity contribution is 7.92. The molecule has 0 saturated heterocycles. The molecule has 0 aliphatic rings. The van der Waals surface area contributed by atoms with Crippen molar-refractivity contribution in [3.8, 4) is 0 Å². The lowest BCUT2D eigenvalue weighted by Crippen LogP contribution is -2.14. The van der Waals surface area contributed by atoms with Crippen LogP contribution >= 0.6 is 0 Å². The SMILES string of the molecule is O=S(=O)(Nc1ccc(F)cn1)c1cccc(F)c1. The van der Waals surface area contributed by atoms with Crippen molar-refractivity contribution >= 4 is 15.8 Å². The first-order valence-electron chi connectivity index (χ1n) is 4.87. The van der Waals surface area contributed by atoms with Gasteiger partial charge < -0.3 is 0 Å². The molecule has 2 aromatic rings. The third-order valence-corrected chi connectivity index (χ3v) is 3.43. The predicted octanol–water partition coefficient (Wildman–Crippen LogP) is 2.16. The minimum atomic E-state index is -3.92. The van der Waals surface area contributed by atoms with Crippen LogP contribution in [0.3, 0.4) is 0 Å². The molecule has 0 aliphatic carbocycles. The molecule has 4 nitrogen and oxygen atoms in total. The maximum Gasteiger partial charge on any atom is 0.263 e. The van der Waals surface area contributed by atoms with E-state index in [-0.39, 0.29) is 10.7 Å². The third kappa shape index (κ3) is 2.80. The number of hydrogen-bond acceptors (Lipinski definition) is 3. The molecule has 0 aliphatic heterocycles. The molecule has 2 rings (SSSR count). The molecule has 0 saturated carbocycles. The van der Waals surface area contributed by atoms with Crippen molar-refractivity contribution in [2.24, 2.45) is 0 Å². The number of pyridine rings is 1. The van der Waals surface area contributed by atoms with Gasteiger partial charge in [0, 0.05) is 0 Å². The highest BCUT2D eigenvalue weighted by atomic mass is 32.2. The van der Waals surface area contributed by atoms with Gasteiger partial charge in [-0.05, 0) is 30.3 Å². The van der Waals surface area contributed by atoms with Crippen LogP contribution < -0.4 is 4.72 Å². The fourth-order valence-electron chi connectivity index (χ4n) is 1.27. The lowest BCUT2D eigenvalue weighted by atomic mass is 10.4. The highest BCUT2D eigenvalue weighted by Crippen LogP contribution is 2.15. The maximum absolute atomic E-state index is 12.9. The van der Waals surface area contributed by atoms with Gasteiger partial charge in [0.25, 0.3) is 10.0 Å². The molecule has 0 unspecified atom stereocenters. The van der Waals surface area contributed by atoms with E-state index < -0.39 is 21.7 Å². The zero-order chi connectivity index (χ0) is 13.2. The summed E-state index contributed by atoms with van der Waals surface area (Å²) in [6, 6.07) is 6.78. The number of anilines is 1. The van der Waals surface area contributed by atoms with E-state index >= 15 is 0 Å². The molecule has 0 bridgehead atoms. The Bertz CT molecular complexity index is 657. The van der Waals surface area contributed by atoms with Crippen LogP contribution in [0.4, 0.5) is 14.6 Å². The summed E-state index contributed by atoms with van der Waals surface area (Å²) < 4.78 is 51.3. The smallest absolute Gasteiger partial charge is 0.263 e. The quantitative estimate of drug-likeness (QED) is 0.929. The number of nitrogens with one attached hydrogen (secondary N) is 1. The largest absolute Gasteiger partial charge is 0.263 e. The fourth-order valence-corrected chi connectivity index (χ4v) is 2.31. The van der Waals surface area contributed by atoms with Crippen molar-refractivity contribution < 1.29 is 17.2 Å². The van der Waals surface area contributed by atoms with Gasteiger partial charge in [0.05, 0.1) is 11.1 Å². The number of nitrogens with zero attached hydrogens (tertiary/aromatic N) is 1. The van der Waals surface area contributed by atoms with Gasteiger partial charge >= 0.3 is 0 Å². The topological polar surface area (TPSA) is 59.1 Å². The Kier molecular flexibility index (Phi) is 3.24. The summed E-state index contributed by atoms with van der Waals surface area (Å²) in [5.74, 6) is -1.28. The van der Waals surface area contributed by atoms with Crippen molar-refractivity contribution in [1.29, 1.82) is 0 Å². The fraction of sp³-hybridized carbons (Fsp3) is 0. The molecule has 0 radical (unpaired) electrons. The Morgan fingerprint density at radius 2 is 1.83 bits per heavy atom. The maximum atomic E-state index is 12.9. The molecular weight excluding hydrogens is 262 g/mol. The van der Waals surface area contributed by atoms with Crippen molar-refractivity contribution in [3.05, 3.63) is 54.2 Å². The zero-order valence-corrected chi connectivity index (χ0v) is 9.79. The average molecular weight is 270 g/mol. The van der Waals surface area contributed by atoms with Gasteiger partial charge in [-0.3, -0.25) is 4.72 Å². The first-order valence-corrected chi connectivity index (χ1v) is 6.36. The van der Waals surface area contributed by atoms with Gasteiger partial charge in [0.15, 0.2) is 0 Å². The van der Waals surface area contributed by atoms with Gasteiger partial charge in [-0.25, -0.2) is 22.2 Å². The summed E-state index contributed by atoms with van der Waals surface area (Å²) in [7, 11) is -3.92. The Labute approximate surface area is 102 Å². The predicted molar refractivity (Wildman–Crippen MR) is 61.4 cm³/mol. The summed E-state index contributed by atoms with van der Waals surface area (Å²) in [6.07, 6.45) is 0.878. The van der Waals surface area contributed by atoms with Gasteiger partial charge in [-0.15, -0.1) is 0 Å². The molecule has 0 fully saturated rings. The van der Waals surface area contributed by atoms with Crippen molar-refractivity contribution in [1.82, 2.24) is 4.98 Å². The Balaban J connectivity index is 2.30. The van der Waals surface area contributed by atoms with Crippen LogP contribution in [0.2, 0.25) is 0 Å². The normalized spacial score (nSPS) is 11.2. The van der Waals surface area contributed by atoms with E-state index in [4.69, 9.17) is 0 Å². The van der Waals surface area contributed by atoms with Crippen molar-refractivity contribution in [2.75, 3.05) is 4.72 Å². The lowest BCUT2D eigenvalue weighted by Gasteiger charge is -2.06. The molecule has 1 N–H and O–H groups in total. The van der Waals surface area contributed by atoms with E-state index in [9.17, 15) is 17.2 Å². The second kappa shape index (κ2) is 4.69. The summed E-state index contributed by atoms with van der Waals surface area (Å²) >= 11 is 0. The highest BCUT2D eigenvalue weighted by Gasteiger charge is 2.15. The van der Waals surface area contributed by atoms with Crippen LogP contribution in [-0.4, -0.2) is 13.4 Å². The Morgan fingerprint density at radius 3 is 2.44 bits per heavy atom. The summed E-state index contributed by atoms with van der Waals surface area (Å²) in [6.45, 7) is 0. The van der Waals surface area contributed by atoms with Crippen LogP contribution in [-0.2, 0) is 10.0 Å². The number of rotatable bonds is 3. The number of benzene rings is 1. The summed E-state index contributed by atoms with van der Waals surface area (Å²) in [4.78, 5) is 3.32. The van der Waals surface area contributed by atoms with Crippen LogP contribution in [0, 0.1) is 11.6 Å². The third-order valence-electron chi connectivity index (χ3n) is 2.07. The first kappa shape index (κ1) is 12.4. The molecular formula is C11H8F2N2O2S. The van der Waals surface area contributed by atoms with E-state index in [1.807, 2.05) is 0 Å². The van der Waals surface area contributed by atoms with E-state index in [1.54, 1.807) is 0 Å². The second-order valence-electron chi connectivity index (χ2n) is 3.42. The number of halogens is 2. The molecule has 0 atom stereocenters. The van der Waals surface area contributed by atoms with E-state index in [2.05, 4.69) is 9.71 Å². The molecule has 0 spiro atoms. The minimum Gasteiger partial charge on any atom is -0.263 e. The molecule has 1 heterocycles. The molecule has 1 aromatic carbocycles. The van der Waals surface area contributed by atoms with Gasteiger partial charge in [0.2, 0.25) is 0 Å². The second-order valence-corrected chi connectivity index (χ2v) is 5.11. The Hall–Kier alpha value is -2.02. The zero-order valence-electron chi connectivity index (χ0n) is 8.97. The number of hydrogen-bond donors (Lipinski definition) is 1. The minimum absolute atomic E-state index is 0.0411. The molecule has 0 amide bonds. The Morgan fingerprint density at radius 1 is 1.06 bits per heavy atom. The first-order chi connectivity index (χ1) is 8.47. The summed E-state index contributed by atoms with van der Waals surface area (Å²) in [5, 5.41) is 0. The van der Waals surface area contributed by atoms with Gasteiger partial charge in [-0.2, -0.15) is 0 Å². The van der Waals surface area contributed by atoms with E-state index in [0.29, 0.717) is 0 Å². The van der Waals surface area contributed by atoms with Crippen molar-refractivity contribution in [2.45, 2.75) is 4.90 Å².